The molecule has 0 N–H and O–H groups in total. The Bertz CT molecular complexity index is 309. The molecule has 0 aliphatic carbocycles. The third-order valence-corrected chi connectivity index (χ3v) is 4.00. The molecule has 1 aliphatic heterocycles. The zero-order valence-electron chi connectivity index (χ0n) is 6.83. The molecule has 0 amide bonds. The Balaban J connectivity index is 2.31. The topological polar surface area (TPSA) is 0 Å². The molecule has 1 heteroatoms. The van der Waals surface area contributed by atoms with Gasteiger partial charge in [-0.05, 0) is 26.0 Å². The summed E-state index contributed by atoms with van der Waals surface area (Å²) in [6, 6.07) is 10.7. The fraction of sp³-hybridized carbons (Fsp3) is 0.182. The maximum Gasteiger partial charge on any atom is -0.00116 e. The molecule has 1 aromatic carbocycles. The Morgan fingerprint density at radius 2 is 1.92 bits per heavy atom. The monoisotopic (exact) mass is 270 g/mol. The molecule has 2 rings (SSSR count). The lowest BCUT2D eigenvalue weighted by Crippen LogP contribution is -1.89. The molecule has 0 radical (unpaired) electrons. The van der Waals surface area contributed by atoms with Crippen LogP contribution in [0, 0.1) is 0 Å². The summed E-state index contributed by atoms with van der Waals surface area (Å²) >= 11 is 0.394. The van der Waals surface area contributed by atoms with Crippen molar-refractivity contribution in [3.63, 3.8) is 0 Å². The predicted octanol–water partition coefficient (Wildman–Crippen LogP) is 3.25. The van der Waals surface area contributed by atoms with Crippen molar-refractivity contribution in [3.05, 3.63) is 42.0 Å². The number of hydrogen-bond acceptors (Lipinski definition) is 0. The van der Waals surface area contributed by atoms with E-state index in [0.717, 1.165) is 0 Å². The zero-order chi connectivity index (χ0) is 8.23. The molecule has 0 bridgehead atoms. The van der Waals surface area contributed by atoms with Gasteiger partial charge in [0.1, 0.15) is 0 Å². The van der Waals surface area contributed by atoms with Gasteiger partial charge in [0.25, 0.3) is 0 Å². The first-order valence-corrected chi connectivity index (χ1v) is 6.89. The lowest BCUT2D eigenvalue weighted by Gasteiger charge is -2.07. The summed E-state index contributed by atoms with van der Waals surface area (Å²) in [5, 5.41) is 0. The molecule has 1 aliphatic rings. The Labute approximate surface area is 83.1 Å². The van der Waals surface area contributed by atoms with Gasteiger partial charge in [-0.3, -0.25) is 0 Å². The molecular weight excluding hydrogens is 259 g/mol. The van der Waals surface area contributed by atoms with Crippen molar-refractivity contribution in [2.45, 2.75) is 6.42 Å². The molecular formula is C11H11I. The van der Waals surface area contributed by atoms with Gasteiger partial charge in [-0.25, -0.2) is 0 Å². The fourth-order valence-electron chi connectivity index (χ4n) is 1.32. The van der Waals surface area contributed by atoms with Crippen LogP contribution in [0.3, 0.4) is 0 Å². The first-order chi connectivity index (χ1) is 5.97. The highest BCUT2D eigenvalue weighted by atomic mass is 127. The predicted molar refractivity (Wildman–Crippen MR) is 64.0 cm³/mol. The number of benzene rings is 1. The van der Waals surface area contributed by atoms with Crippen molar-refractivity contribution in [3.8, 4) is 0 Å². The molecule has 1 aromatic rings. The van der Waals surface area contributed by atoms with E-state index < -0.39 is 0 Å². The lowest BCUT2D eigenvalue weighted by molar-refractivity contribution is 1.29. The van der Waals surface area contributed by atoms with E-state index in [1.165, 1.54) is 22.0 Å². The minimum atomic E-state index is 0.394. The number of allylic oxidation sites excluding steroid dienone is 2. The summed E-state index contributed by atoms with van der Waals surface area (Å²) in [5.41, 5.74) is 2.92. The number of alkyl halides is 1. The van der Waals surface area contributed by atoms with Crippen LogP contribution in [0.15, 0.2) is 36.4 Å². The summed E-state index contributed by atoms with van der Waals surface area (Å²) in [6.45, 7) is 0. The largest absolute Gasteiger partial charge is 0.122 e. The van der Waals surface area contributed by atoms with Gasteiger partial charge in [-0.1, -0.05) is 36.4 Å². The SMILES string of the molecule is C1=ICCC(c2ccccc2)=C1. The third kappa shape index (κ3) is 1.83. The normalized spacial score (nSPS) is 16.5. The van der Waals surface area contributed by atoms with Gasteiger partial charge in [-0.2, -0.15) is 0 Å². The van der Waals surface area contributed by atoms with E-state index in [1.807, 2.05) is 0 Å². The Hall–Kier alpha value is -0.440. The molecule has 12 heavy (non-hydrogen) atoms. The van der Waals surface area contributed by atoms with Gasteiger partial charge in [0.15, 0.2) is 0 Å². The van der Waals surface area contributed by atoms with Crippen molar-refractivity contribution >= 4 is 30.3 Å². The maximum atomic E-state index is 2.38. The summed E-state index contributed by atoms with van der Waals surface area (Å²) in [7, 11) is 0. The van der Waals surface area contributed by atoms with Crippen LogP contribution >= 0.6 is 20.7 Å². The summed E-state index contributed by atoms with van der Waals surface area (Å²) < 4.78 is 3.80. The number of halogens is 1. The molecule has 62 valence electrons. The van der Waals surface area contributed by atoms with Crippen LogP contribution in [-0.4, -0.2) is 8.44 Å². The summed E-state index contributed by atoms with van der Waals surface area (Å²) in [6.07, 6.45) is 3.60. The van der Waals surface area contributed by atoms with Crippen LogP contribution in [-0.2, 0) is 0 Å². The minimum Gasteiger partial charge on any atom is -0.122 e. The molecule has 0 saturated heterocycles. The first-order valence-electron chi connectivity index (χ1n) is 4.12. The van der Waals surface area contributed by atoms with E-state index in [2.05, 4.69) is 40.4 Å². The second-order valence-electron chi connectivity index (χ2n) is 2.78. The second kappa shape index (κ2) is 3.99. The average molecular weight is 270 g/mol. The van der Waals surface area contributed by atoms with Crippen molar-refractivity contribution in [2.75, 3.05) is 4.43 Å². The van der Waals surface area contributed by atoms with E-state index in [0.29, 0.717) is 20.7 Å². The number of hydrogen-bond donors (Lipinski definition) is 0. The molecule has 0 atom stereocenters. The van der Waals surface area contributed by atoms with Crippen LogP contribution in [0.2, 0.25) is 0 Å². The Morgan fingerprint density at radius 1 is 1.08 bits per heavy atom. The van der Waals surface area contributed by atoms with Crippen molar-refractivity contribution in [1.29, 1.82) is 0 Å². The van der Waals surface area contributed by atoms with Gasteiger partial charge in [0, 0.05) is 0 Å². The third-order valence-electron chi connectivity index (χ3n) is 1.97. The Morgan fingerprint density at radius 3 is 2.58 bits per heavy atom. The smallest absolute Gasteiger partial charge is 0.00116 e. The van der Waals surface area contributed by atoms with Crippen LogP contribution in [0.1, 0.15) is 12.0 Å². The maximum absolute atomic E-state index is 2.38. The molecule has 0 spiro atoms. The van der Waals surface area contributed by atoms with Gasteiger partial charge in [0.2, 0.25) is 0 Å². The average Bonchev–Trinajstić information content (AvgIpc) is 2.21. The fourth-order valence-corrected chi connectivity index (χ4v) is 3.26. The van der Waals surface area contributed by atoms with Gasteiger partial charge in [-0.15, -0.1) is 20.7 Å². The minimum absolute atomic E-state index is 0.394. The molecule has 0 saturated carbocycles. The summed E-state index contributed by atoms with van der Waals surface area (Å²) in [4.78, 5) is 0. The lowest BCUT2D eigenvalue weighted by atomic mass is 10.0. The Kier molecular flexibility index (Phi) is 2.71. The molecule has 0 nitrogen and oxygen atoms in total. The van der Waals surface area contributed by atoms with E-state index in [9.17, 15) is 0 Å². The highest BCUT2D eigenvalue weighted by molar-refractivity contribution is 14.2. The molecule has 0 aromatic heterocycles. The zero-order valence-corrected chi connectivity index (χ0v) is 8.99. The van der Waals surface area contributed by atoms with Gasteiger partial charge < -0.3 is 0 Å². The quantitative estimate of drug-likeness (QED) is 0.543. The number of rotatable bonds is 1. The van der Waals surface area contributed by atoms with Crippen LogP contribution in [0.4, 0.5) is 0 Å². The second-order valence-corrected chi connectivity index (χ2v) is 5.46. The molecule has 1 heterocycles. The molecule has 0 fully saturated rings. The first kappa shape index (κ1) is 8.17. The van der Waals surface area contributed by atoms with Crippen molar-refractivity contribution in [1.82, 2.24) is 0 Å². The highest BCUT2D eigenvalue weighted by Gasteiger charge is 2.01. The van der Waals surface area contributed by atoms with Crippen LogP contribution in [0.5, 0.6) is 0 Å². The summed E-state index contributed by atoms with van der Waals surface area (Å²) in [5.74, 6) is 0. The van der Waals surface area contributed by atoms with Crippen molar-refractivity contribution in [2.24, 2.45) is 0 Å². The van der Waals surface area contributed by atoms with E-state index in [1.54, 1.807) is 0 Å². The van der Waals surface area contributed by atoms with Crippen LogP contribution < -0.4 is 0 Å². The van der Waals surface area contributed by atoms with E-state index in [-0.39, 0.29) is 0 Å². The van der Waals surface area contributed by atoms with E-state index >= 15 is 0 Å². The highest BCUT2D eigenvalue weighted by Crippen LogP contribution is 2.22. The van der Waals surface area contributed by atoms with Crippen molar-refractivity contribution < 1.29 is 0 Å². The van der Waals surface area contributed by atoms with E-state index in [4.69, 9.17) is 0 Å². The standard InChI is InChI=1S/C11H11I/c1-2-4-10(5-3-1)11-6-8-12-9-7-11/h1-6,8H,7,9H2. The molecule has 0 unspecified atom stereocenters. The van der Waals surface area contributed by atoms with Gasteiger partial charge in [0.05, 0.1) is 0 Å². The van der Waals surface area contributed by atoms with Gasteiger partial charge >= 0.3 is 0 Å². The van der Waals surface area contributed by atoms with Crippen LogP contribution in [0.25, 0.3) is 5.57 Å².